The smallest absolute Gasteiger partial charge is 0.412 e. The minimum Gasteiger partial charge on any atom is -0.453 e. The van der Waals surface area contributed by atoms with Gasteiger partial charge in [-0.15, -0.1) is 0 Å². The molecule has 0 saturated heterocycles. The Bertz CT molecular complexity index is 1110. The van der Waals surface area contributed by atoms with Gasteiger partial charge in [0.05, 0.1) is 0 Å². The Kier molecular flexibility index (Phi) is 4.07. The molecule has 4 rings (SSSR count). The van der Waals surface area contributed by atoms with Crippen LogP contribution in [-0.2, 0) is 6.54 Å². The normalized spacial score (nSPS) is 10.8. The van der Waals surface area contributed by atoms with Gasteiger partial charge in [0.15, 0.2) is 16.8 Å². The Balaban J connectivity index is 1.53. The molecule has 0 saturated carbocycles. The van der Waals surface area contributed by atoms with Gasteiger partial charge >= 0.3 is 6.09 Å². The first kappa shape index (κ1) is 15.8. The highest BCUT2D eigenvalue weighted by molar-refractivity contribution is 5.79. The van der Waals surface area contributed by atoms with Gasteiger partial charge in [-0.2, -0.15) is 0 Å². The molecule has 2 aromatic carbocycles. The number of carbonyl (C=O) groups is 1. The van der Waals surface area contributed by atoms with Gasteiger partial charge < -0.3 is 14.5 Å². The van der Waals surface area contributed by atoms with E-state index in [1.54, 1.807) is 24.3 Å². The van der Waals surface area contributed by atoms with E-state index < -0.39 is 6.09 Å². The average molecular weight is 346 g/mol. The fraction of sp³-hybridized carbons (Fsp3) is 0.0500. The zero-order valence-corrected chi connectivity index (χ0v) is 13.6. The van der Waals surface area contributed by atoms with Crippen LogP contribution in [0.1, 0.15) is 5.56 Å². The third-order valence-corrected chi connectivity index (χ3v) is 3.81. The maximum absolute atomic E-state index is 12.0. The fourth-order valence-corrected chi connectivity index (χ4v) is 2.56. The average Bonchev–Trinajstić information content (AvgIpc) is 2.65. The number of hydrogen-bond donors (Lipinski definition) is 1. The van der Waals surface area contributed by atoms with E-state index in [2.05, 4.69) is 10.3 Å². The predicted molar refractivity (Wildman–Crippen MR) is 96.2 cm³/mol. The maximum atomic E-state index is 12.0. The lowest BCUT2D eigenvalue weighted by Gasteiger charge is -2.09. The van der Waals surface area contributed by atoms with Crippen molar-refractivity contribution in [3.8, 4) is 17.2 Å². The number of amides is 1. The molecule has 0 spiro atoms. The van der Waals surface area contributed by atoms with Crippen molar-refractivity contribution in [3.05, 3.63) is 82.5 Å². The second kappa shape index (κ2) is 6.68. The highest BCUT2D eigenvalue weighted by atomic mass is 16.6. The summed E-state index contributed by atoms with van der Waals surface area (Å²) in [5.41, 5.74) is 2.44. The molecule has 1 N–H and O–H groups in total. The molecule has 1 aliphatic heterocycles. The van der Waals surface area contributed by atoms with Crippen LogP contribution in [0.15, 0.2) is 75.9 Å². The van der Waals surface area contributed by atoms with Crippen LogP contribution in [0.5, 0.6) is 5.75 Å². The summed E-state index contributed by atoms with van der Waals surface area (Å²) in [7, 11) is 0. The summed E-state index contributed by atoms with van der Waals surface area (Å²) in [6.07, 6.45) is -0.566. The number of fused-ring (bicyclic) bond motifs is 2. The Morgan fingerprint density at radius 2 is 1.88 bits per heavy atom. The van der Waals surface area contributed by atoms with Crippen LogP contribution in [0, 0.1) is 0 Å². The summed E-state index contributed by atoms with van der Waals surface area (Å²) < 4.78 is 11.0. The molecular formula is C20H14N2O4. The van der Waals surface area contributed by atoms with Gasteiger partial charge in [-0.25, -0.2) is 9.78 Å². The number of nitrogens with zero attached hydrogens (tertiary/aromatic N) is 1. The second-order valence-corrected chi connectivity index (χ2v) is 5.70. The number of nitrogens with one attached hydrogen (secondary N) is 1. The number of rotatable bonds is 3. The summed E-state index contributed by atoms with van der Waals surface area (Å²) in [4.78, 5) is 27.8. The molecule has 26 heavy (non-hydrogen) atoms. The van der Waals surface area contributed by atoms with E-state index in [4.69, 9.17) is 9.15 Å². The van der Waals surface area contributed by atoms with Gasteiger partial charge in [0.25, 0.3) is 0 Å². The Morgan fingerprint density at radius 3 is 2.73 bits per heavy atom. The third-order valence-electron chi connectivity index (χ3n) is 3.81. The first-order chi connectivity index (χ1) is 12.7. The number of carbonyl (C=O) groups excluding carboxylic acids is 1. The van der Waals surface area contributed by atoms with Crippen LogP contribution in [-0.4, -0.2) is 11.1 Å². The van der Waals surface area contributed by atoms with Crippen LogP contribution in [0.25, 0.3) is 22.6 Å². The molecule has 128 valence electrons. The zero-order chi connectivity index (χ0) is 17.9. The molecule has 2 aromatic rings. The summed E-state index contributed by atoms with van der Waals surface area (Å²) in [5.74, 6) is 0.710. The highest BCUT2D eigenvalue weighted by Gasteiger charge is 2.11. The van der Waals surface area contributed by atoms with E-state index in [0.29, 0.717) is 34.8 Å². The van der Waals surface area contributed by atoms with Gasteiger partial charge in [0.2, 0.25) is 0 Å². The van der Waals surface area contributed by atoms with E-state index in [-0.39, 0.29) is 5.43 Å². The fourth-order valence-electron chi connectivity index (χ4n) is 2.56. The van der Waals surface area contributed by atoms with E-state index in [1.807, 2.05) is 30.3 Å². The van der Waals surface area contributed by atoms with E-state index in [0.717, 1.165) is 5.56 Å². The number of aromatic nitrogens is 1. The Labute approximate surface area is 148 Å². The lowest BCUT2D eigenvalue weighted by molar-refractivity contribution is 0.200. The van der Waals surface area contributed by atoms with Crippen molar-refractivity contribution in [2.75, 3.05) is 0 Å². The highest BCUT2D eigenvalue weighted by Crippen LogP contribution is 2.26. The van der Waals surface area contributed by atoms with Crippen molar-refractivity contribution in [2.24, 2.45) is 0 Å². The predicted octanol–water partition coefficient (Wildman–Crippen LogP) is 3.58. The molecule has 0 bridgehead atoms. The molecule has 0 fully saturated rings. The summed E-state index contributed by atoms with van der Waals surface area (Å²) in [5, 5.41) is 2.68. The topological polar surface area (TPSA) is 81.4 Å². The van der Waals surface area contributed by atoms with Crippen molar-refractivity contribution < 1.29 is 13.9 Å². The first-order valence-electron chi connectivity index (χ1n) is 8.02. The molecule has 1 aliphatic carbocycles. The van der Waals surface area contributed by atoms with Gasteiger partial charge in [-0.3, -0.25) is 4.79 Å². The van der Waals surface area contributed by atoms with Crippen LogP contribution >= 0.6 is 0 Å². The number of benzene rings is 3. The van der Waals surface area contributed by atoms with Gasteiger partial charge in [-0.1, -0.05) is 30.3 Å². The lowest BCUT2D eigenvalue weighted by atomic mass is 10.2. The van der Waals surface area contributed by atoms with Crippen LogP contribution in [0.4, 0.5) is 4.79 Å². The van der Waals surface area contributed by atoms with Crippen molar-refractivity contribution in [1.82, 2.24) is 10.3 Å². The maximum Gasteiger partial charge on any atom is 0.412 e. The second-order valence-electron chi connectivity index (χ2n) is 5.70. The Hall–Kier alpha value is -3.67. The Morgan fingerprint density at radius 1 is 1.04 bits per heavy atom. The van der Waals surface area contributed by atoms with E-state index >= 15 is 0 Å². The summed E-state index contributed by atoms with van der Waals surface area (Å²) >= 11 is 0. The minimum absolute atomic E-state index is 0.157. The molecule has 6 heteroatoms. The van der Waals surface area contributed by atoms with Crippen LogP contribution < -0.4 is 15.5 Å². The minimum atomic E-state index is -0.566. The quantitative estimate of drug-likeness (QED) is 0.573. The van der Waals surface area contributed by atoms with Crippen molar-refractivity contribution in [2.45, 2.75) is 6.54 Å². The van der Waals surface area contributed by atoms with E-state index in [9.17, 15) is 9.59 Å². The zero-order valence-electron chi connectivity index (χ0n) is 13.6. The molecule has 6 nitrogen and oxygen atoms in total. The molecule has 0 atom stereocenters. The van der Waals surface area contributed by atoms with Crippen molar-refractivity contribution in [1.29, 1.82) is 0 Å². The monoisotopic (exact) mass is 346 g/mol. The van der Waals surface area contributed by atoms with Crippen LogP contribution in [0.2, 0.25) is 0 Å². The third kappa shape index (κ3) is 3.39. The van der Waals surface area contributed by atoms with Crippen molar-refractivity contribution >= 4 is 17.2 Å². The molecule has 2 aliphatic rings. The molecule has 1 heterocycles. The molecule has 0 unspecified atom stereocenters. The largest absolute Gasteiger partial charge is 0.453 e. The summed E-state index contributed by atoms with van der Waals surface area (Å²) in [6, 6.07) is 18.9. The van der Waals surface area contributed by atoms with Gasteiger partial charge in [0, 0.05) is 18.7 Å². The van der Waals surface area contributed by atoms with Gasteiger partial charge in [-0.05, 0) is 29.8 Å². The SMILES string of the molecule is O=C(NCc1ccccc1)Oc1ccc2nc3ccc(=O)cc-3oc2c1. The lowest BCUT2D eigenvalue weighted by Crippen LogP contribution is -2.26. The van der Waals surface area contributed by atoms with E-state index in [1.165, 1.54) is 12.1 Å². The molecular weight excluding hydrogens is 332 g/mol. The number of hydrogen-bond acceptors (Lipinski definition) is 5. The first-order valence-corrected chi connectivity index (χ1v) is 8.02. The van der Waals surface area contributed by atoms with Crippen molar-refractivity contribution in [3.63, 3.8) is 0 Å². The molecule has 0 radical (unpaired) electrons. The summed E-state index contributed by atoms with van der Waals surface area (Å²) in [6.45, 7) is 0.371. The van der Waals surface area contributed by atoms with Crippen LogP contribution in [0.3, 0.4) is 0 Å². The molecule has 0 aromatic heterocycles. The molecule has 1 amide bonds. The van der Waals surface area contributed by atoms with Gasteiger partial charge in [0.1, 0.15) is 17.0 Å². The number of ether oxygens (including phenoxy) is 1. The standard InChI is InChI=1S/C20H14N2O4/c23-14-6-8-16-18(10-14)26-19-11-15(7-9-17(19)22-16)25-20(24)21-12-13-4-2-1-3-5-13/h1-11H,12H2,(H,21,24).